The first-order valence-electron chi connectivity index (χ1n) is 7.48. The summed E-state index contributed by atoms with van der Waals surface area (Å²) >= 11 is 6.06. The zero-order valence-corrected chi connectivity index (χ0v) is 14.2. The maximum Gasteiger partial charge on any atom is 0.244 e. The van der Waals surface area contributed by atoms with Gasteiger partial charge in [0.1, 0.15) is 0 Å². The molecule has 1 N–H and O–H groups in total. The van der Waals surface area contributed by atoms with Crippen LogP contribution in [0.3, 0.4) is 0 Å². The van der Waals surface area contributed by atoms with Crippen LogP contribution in [0.1, 0.15) is 16.7 Å². The molecule has 3 nitrogen and oxygen atoms in total. The molecule has 120 valence electrons. The van der Waals surface area contributed by atoms with Crippen molar-refractivity contribution in [1.82, 2.24) is 10.2 Å². The molecule has 2 aromatic rings. The first kappa shape index (κ1) is 17.3. The zero-order valence-electron chi connectivity index (χ0n) is 13.4. The number of amides is 1. The van der Waals surface area contributed by atoms with Crippen LogP contribution in [0.4, 0.5) is 0 Å². The second-order valence-corrected chi connectivity index (χ2v) is 5.99. The molecule has 2 aromatic carbocycles. The molecule has 4 heteroatoms. The topological polar surface area (TPSA) is 32.3 Å². The smallest absolute Gasteiger partial charge is 0.244 e. The molecule has 0 saturated heterocycles. The van der Waals surface area contributed by atoms with Gasteiger partial charge in [-0.1, -0.05) is 54.1 Å². The molecule has 0 saturated carbocycles. The molecule has 0 aliphatic heterocycles. The van der Waals surface area contributed by atoms with Gasteiger partial charge < -0.3 is 10.2 Å². The number of carbonyl (C=O) groups excluding carboxylic acids is 1. The lowest BCUT2D eigenvalue weighted by molar-refractivity contribution is -0.116. The van der Waals surface area contributed by atoms with Crippen LogP contribution in [0.5, 0.6) is 0 Å². The second-order valence-electron chi connectivity index (χ2n) is 5.58. The van der Waals surface area contributed by atoms with Crippen molar-refractivity contribution in [3.05, 3.63) is 76.3 Å². The third-order valence-corrected chi connectivity index (χ3v) is 3.72. The van der Waals surface area contributed by atoms with Gasteiger partial charge in [-0.25, -0.2) is 0 Å². The van der Waals surface area contributed by atoms with Crippen molar-refractivity contribution < 1.29 is 4.79 Å². The molecule has 23 heavy (non-hydrogen) atoms. The van der Waals surface area contributed by atoms with Crippen molar-refractivity contribution in [2.24, 2.45) is 0 Å². The van der Waals surface area contributed by atoms with Crippen molar-refractivity contribution in [2.75, 3.05) is 14.1 Å². The van der Waals surface area contributed by atoms with Crippen LogP contribution in [0.15, 0.2) is 54.6 Å². The van der Waals surface area contributed by atoms with E-state index in [0.29, 0.717) is 11.6 Å². The van der Waals surface area contributed by atoms with Crippen LogP contribution < -0.4 is 5.32 Å². The van der Waals surface area contributed by atoms with Gasteiger partial charge in [0.2, 0.25) is 5.91 Å². The highest BCUT2D eigenvalue weighted by molar-refractivity contribution is 6.32. The van der Waals surface area contributed by atoms with E-state index in [1.165, 1.54) is 11.6 Å². The SMILES string of the molecule is CN(C)Cc1ccccc1CNC(=O)/C=C/c1ccccc1Cl. The van der Waals surface area contributed by atoms with E-state index in [4.69, 9.17) is 11.6 Å². The Morgan fingerprint density at radius 2 is 1.74 bits per heavy atom. The second kappa shape index (κ2) is 8.51. The monoisotopic (exact) mass is 328 g/mol. The lowest BCUT2D eigenvalue weighted by atomic mass is 10.1. The third kappa shape index (κ3) is 5.55. The van der Waals surface area contributed by atoms with Gasteiger partial charge in [0, 0.05) is 24.2 Å². The Hall–Kier alpha value is -2.10. The lowest BCUT2D eigenvalue weighted by Gasteiger charge is -2.14. The van der Waals surface area contributed by atoms with Crippen LogP contribution in [0.25, 0.3) is 6.08 Å². The summed E-state index contributed by atoms with van der Waals surface area (Å²) in [5.74, 6) is -0.135. The van der Waals surface area contributed by atoms with Crippen molar-refractivity contribution in [3.8, 4) is 0 Å². The van der Waals surface area contributed by atoms with Crippen molar-refractivity contribution in [3.63, 3.8) is 0 Å². The molecular weight excluding hydrogens is 308 g/mol. The van der Waals surface area contributed by atoms with Gasteiger partial charge in [0.15, 0.2) is 0 Å². The predicted molar refractivity (Wildman–Crippen MR) is 96.2 cm³/mol. The average molecular weight is 329 g/mol. The van der Waals surface area contributed by atoms with Gasteiger partial charge in [-0.3, -0.25) is 4.79 Å². The number of rotatable bonds is 6. The van der Waals surface area contributed by atoms with Crippen LogP contribution in [0, 0.1) is 0 Å². The summed E-state index contributed by atoms with van der Waals surface area (Å²) in [6, 6.07) is 15.6. The van der Waals surface area contributed by atoms with Crippen LogP contribution in [0.2, 0.25) is 5.02 Å². The van der Waals surface area contributed by atoms with Gasteiger partial charge >= 0.3 is 0 Å². The van der Waals surface area contributed by atoms with Crippen molar-refractivity contribution >= 4 is 23.6 Å². The van der Waals surface area contributed by atoms with Gasteiger partial charge in [0.25, 0.3) is 0 Å². The van der Waals surface area contributed by atoms with E-state index in [0.717, 1.165) is 17.7 Å². The minimum absolute atomic E-state index is 0.135. The maximum absolute atomic E-state index is 12.0. The van der Waals surface area contributed by atoms with Gasteiger partial charge in [-0.2, -0.15) is 0 Å². The fourth-order valence-corrected chi connectivity index (χ4v) is 2.44. The molecule has 0 atom stereocenters. The molecule has 0 radical (unpaired) electrons. The fourth-order valence-electron chi connectivity index (χ4n) is 2.24. The first-order chi connectivity index (χ1) is 11.1. The summed E-state index contributed by atoms with van der Waals surface area (Å²) in [5.41, 5.74) is 3.17. The van der Waals surface area contributed by atoms with Crippen molar-refractivity contribution in [2.45, 2.75) is 13.1 Å². The van der Waals surface area contributed by atoms with E-state index >= 15 is 0 Å². The lowest BCUT2D eigenvalue weighted by Crippen LogP contribution is -2.22. The number of nitrogens with zero attached hydrogens (tertiary/aromatic N) is 1. The molecule has 1 amide bonds. The highest BCUT2D eigenvalue weighted by Gasteiger charge is 2.04. The molecule has 0 bridgehead atoms. The third-order valence-electron chi connectivity index (χ3n) is 3.38. The summed E-state index contributed by atoms with van der Waals surface area (Å²) in [6.07, 6.45) is 3.24. The molecular formula is C19H21ClN2O. The van der Waals surface area contributed by atoms with Crippen molar-refractivity contribution in [1.29, 1.82) is 0 Å². The molecule has 0 aliphatic carbocycles. The summed E-state index contributed by atoms with van der Waals surface area (Å²) in [5, 5.41) is 3.55. The Labute approximate surface area is 142 Å². The number of hydrogen-bond donors (Lipinski definition) is 1. The summed E-state index contributed by atoms with van der Waals surface area (Å²) in [6.45, 7) is 1.36. The summed E-state index contributed by atoms with van der Waals surface area (Å²) in [7, 11) is 4.06. The zero-order chi connectivity index (χ0) is 16.7. The van der Waals surface area contributed by atoms with E-state index < -0.39 is 0 Å². The van der Waals surface area contributed by atoms with Crippen LogP contribution in [-0.4, -0.2) is 24.9 Å². The number of halogens is 1. The largest absolute Gasteiger partial charge is 0.348 e. The Morgan fingerprint density at radius 1 is 1.09 bits per heavy atom. The Morgan fingerprint density at radius 3 is 2.43 bits per heavy atom. The van der Waals surface area contributed by atoms with E-state index in [2.05, 4.69) is 16.3 Å². The molecule has 0 heterocycles. The quantitative estimate of drug-likeness (QED) is 0.819. The Bertz CT molecular complexity index is 695. The minimum Gasteiger partial charge on any atom is -0.348 e. The normalized spacial score (nSPS) is 11.1. The molecule has 0 aliphatic rings. The summed E-state index contributed by atoms with van der Waals surface area (Å²) in [4.78, 5) is 14.1. The molecule has 0 unspecified atom stereocenters. The molecule has 0 spiro atoms. The van der Waals surface area contributed by atoms with Gasteiger partial charge in [-0.15, -0.1) is 0 Å². The minimum atomic E-state index is -0.135. The Kier molecular flexibility index (Phi) is 6.39. The van der Waals surface area contributed by atoms with E-state index in [9.17, 15) is 4.79 Å². The van der Waals surface area contributed by atoms with Crippen LogP contribution in [-0.2, 0) is 17.9 Å². The summed E-state index contributed by atoms with van der Waals surface area (Å²) < 4.78 is 0. The number of hydrogen-bond acceptors (Lipinski definition) is 2. The number of benzene rings is 2. The van der Waals surface area contributed by atoms with Crippen LogP contribution >= 0.6 is 11.6 Å². The standard InChI is InChI=1S/C19H21ClN2O/c1-22(2)14-17-9-4-3-8-16(17)13-21-19(23)12-11-15-7-5-6-10-18(15)20/h3-12H,13-14H2,1-2H3,(H,21,23)/b12-11+. The molecule has 2 rings (SSSR count). The highest BCUT2D eigenvalue weighted by Crippen LogP contribution is 2.16. The molecule has 0 aromatic heterocycles. The number of nitrogens with one attached hydrogen (secondary N) is 1. The number of carbonyl (C=O) groups is 1. The van der Waals surface area contributed by atoms with Gasteiger partial charge in [0.05, 0.1) is 0 Å². The van der Waals surface area contributed by atoms with E-state index in [1.807, 2.05) is 50.5 Å². The fraction of sp³-hybridized carbons (Fsp3) is 0.211. The maximum atomic E-state index is 12.0. The average Bonchev–Trinajstić information content (AvgIpc) is 2.53. The highest BCUT2D eigenvalue weighted by atomic mass is 35.5. The predicted octanol–water partition coefficient (Wildman–Crippen LogP) is 3.73. The first-order valence-corrected chi connectivity index (χ1v) is 7.86. The Balaban J connectivity index is 1.96. The van der Waals surface area contributed by atoms with E-state index in [1.54, 1.807) is 12.1 Å². The van der Waals surface area contributed by atoms with E-state index in [-0.39, 0.29) is 5.91 Å². The van der Waals surface area contributed by atoms with Gasteiger partial charge in [-0.05, 0) is 42.9 Å². The molecule has 0 fully saturated rings.